The number of benzene rings is 1. The van der Waals surface area contributed by atoms with Crippen LogP contribution in [0.15, 0.2) is 36.4 Å². The van der Waals surface area contributed by atoms with Crippen LogP contribution in [0.2, 0.25) is 0 Å². The van der Waals surface area contributed by atoms with Gasteiger partial charge in [0, 0.05) is 7.05 Å². The number of nitrogen functional groups attached to an aromatic ring is 1. The molecule has 2 aromatic rings. The number of rotatable bonds is 3. The van der Waals surface area contributed by atoms with E-state index in [0.29, 0.717) is 11.4 Å². The third kappa shape index (κ3) is 2.47. The van der Waals surface area contributed by atoms with E-state index in [1.165, 1.54) is 23.1 Å². The number of carbonyl (C=O) groups is 1. The Hall–Kier alpha value is -2.63. The van der Waals surface area contributed by atoms with Crippen molar-refractivity contribution in [2.75, 3.05) is 17.7 Å². The summed E-state index contributed by atoms with van der Waals surface area (Å²) >= 11 is 0. The van der Waals surface area contributed by atoms with Crippen LogP contribution in [-0.2, 0) is 0 Å². The number of primary amides is 1. The molecule has 0 bridgehead atoms. The molecule has 4 N–H and O–H groups in total. The molecule has 2 rings (SSSR count). The number of anilines is 3. The maximum Gasteiger partial charge on any atom is 0.267 e. The van der Waals surface area contributed by atoms with Crippen molar-refractivity contribution in [3.8, 4) is 0 Å². The van der Waals surface area contributed by atoms with Gasteiger partial charge in [-0.25, -0.2) is 9.37 Å². The first-order chi connectivity index (χ1) is 9.00. The van der Waals surface area contributed by atoms with E-state index in [0.717, 1.165) is 0 Å². The molecule has 0 atom stereocenters. The highest BCUT2D eigenvalue weighted by Crippen LogP contribution is 2.28. The van der Waals surface area contributed by atoms with Crippen molar-refractivity contribution in [2.24, 2.45) is 5.73 Å². The van der Waals surface area contributed by atoms with Gasteiger partial charge in [0.05, 0.1) is 11.4 Å². The Bertz CT molecular complexity index is 630. The first-order valence-electron chi connectivity index (χ1n) is 5.55. The van der Waals surface area contributed by atoms with Crippen molar-refractivity contribution in [1.29, 1.82) is 0 Å². The molecule has 5 nitrogen and oxygen atoms in total. The molecule has 0 radical (unpaired) electrons. The van der Waals surface area contributed by atoms with E-state index < -0.39 is 11.7 Å². The Kier molecular flexibility index (Phi) is 3.33. The number of halogens is 1. The van der Waals surface area contributed by atoms with Crippen LogP contribution >= 0.6 is 0 Å². The SMILES string of the molecule is CN(c1ccccc1F)c1nc(C(N)=O)ccc1N. The lowest BCUT2D eigenvalue weighted by Gasteiger charge is -2.20. The number of amides is 1. The Morgan fingerprint density at radius 1 is 1.26 bits per heavy atom. The molecular weight excluding hydrogens is 247 g/mol. The summed E-state index contributed by atoms with van der Waals surface area (Å²) in [6, 6.07) is 9.15. The number of para-hydroxylation sites is 1. The largest absolute Gasteiger partial charge is 0.396 e. The van der Waals surface area contributed by atoms with Crippen LogP contribution in [0.3, 0.4) is 0 Å². The van der Waals surface area contributed by atoms with E-state index in [-0.39, 0.29) is 11.5 Å². The predicted octanol–water partition coefficient (Wildman–Crippen LogP) is 1.67. The van der Waals surface area contributed by atoms with Gasteiger partial charge in [-0.05, 0) is 24.3 Å². The molecule has 1 aromatic carbocycles. The lowest BCUT2D eigenvalue weighted by molar-refractivity contribution is 0.0995. The Balaban J connectivity index is 2.49. The smallest absolute Gasteiger partial charge is 0.267 e. The second-order valence-corrected chi connectivity index (χ2v) is 3.98. The van der Waals surface area contributed by atoms with Gasteiger partial charge in [-0.15, -0.1) is 0 Å². The van der Waals surface area contributed by atoms with Crippen LogP contribution in [0.5, 0.6) is 0 Å². The Morgan fingerprint density at radius 2 is 1.95 bits per heavy atom. The predicted molar refractivity (Wildman–Crippen MR) is 71.6 cm³/mol. The van der Waals surface area contributed by atoms with Crippen molar-refractivity contribution >= 4 is 23.1 Å². The summed E-state index contributed by atoms with van der Waals surface area (Å²) in [5, 5.41) is 0. The summed E-state index contributed by atoms with van der Waals surface area (Å²) in [5.74, 6) is -0.791. The lowest BCUT2D eigenvalue weighted by atomic mass is 10.2. The minimum Gasteiger partial charge on any atom is -0.396 e. The number of pyridine rings is 1. The maximum atomic E-state index is 13.7. The minimum atomic E-state index is -0.664. The average molecular weight is 260 g/mol. The monoisotopic (exact) mass is 260 g/mol. The number of hydrogen-bond donors (Lipinski definition) is 2. The van der Waals surface area contributed by atoms with Gasteiger partial charge in [0.2, 0.25) is 0 Å². The third-order valence-electron chi connectivity index (χ3n) is 2.69. The van der Waals surface area contributed by atoms with Crippen LogP contribution < -0.4 is 16.4 Å². The number of hydrogen-bond acceptors (Lipinski definition) is 4. The standard InChI is InChI=1S/C13H13FN4O/c1-18(11-5-3-2-4-8(11)14)13-9(15)6-7-10(17-13)12(16)19/h2-7H,15H2,1H3,(H2,16,19). The number of nitrogens with two attached hydrogens (primary N) is 2. The summed E-state index contributed by atoms with van der Waals surface area (Å²) in [7, 11) is 1.61. The zero-order valence-electron chi connectivity index (χ0n) is 10.3. The van der Waals surface area contributed by atoms with E-state index in [4.69, 9.17) is 11.5 Å². The molecular formula is C13H13FN4O. The highest BCUT2D eigenvalue weighted by atomic mass is 19.1. The van der Waals surface area contributed by atoms with E-state index in [2.05, 4.69) is 4.98 Å². The van der Waals surface area contributed by atoms with E-state index >= 15 is 0 Å². The molecule has 0 fully saturated rings. The van der Waals surface area contributed by atoms with E-state index in [9.17, 15) is 9.18 Å². The first-order valence-corrected chi connectivity index (χ1v) is 5.55. The second kappa shape index (κ2) is 4.93. The number of carbonyl (C=O) groups excluding carboxylic acids is 1. The minimum absolute atomic E-state index is 0.0763. The van der Waals surface area contributed by atoms with Gasteiger partial charge >= 0.3 is 0 Å². The van der Waals surface area contributed by atoms with Gasteiger partial charge in [0.1, 0.15) is 11.5 Å². The van der Waals surface area contributed by atoms with Crippen LogP contribution in [0, 0.1) is 5.82 Å². The fourth-order valence-corrected chi connectivity index (χ4v) is 1.70. The lowest BCUT2D eigenvalue weighted by Crippen LogP contribution is -2.19. The summed E-state index contributed by atoms with van der Waals surface area (Å²) < 4.78 is 13.7. The van der Waals surface area contributed by atoms with Crippen LogP contribution in [0.25, 0.3) is 0 Å². The molecule has 1 amide bonds. The molecule has 19 heavy (non-hydrogen) atoms. The summed E-state index contributed by atoms with van der Waals surface area (Å²) in [4.78, 5) is 16.6. The Morgan fingerprint density at radius 3 is 2.58 bits per heavy atom. The van der Waals surface area contributed by atoms with Gasteiger partial charge in [-0.1, -0.05) is 12.1 Å². The van der Waals surface area contributed by atoms with Crippen LogP contribution in [-0.4, -0.2) is 17.9 Å². The van der Waals surface area contributed by atoms with Gasteiger partial charge in [0.25, 0.3) is 5.91 Å². The molecule has 0 saturated carbocycles. The normalized spacial score (nSPS) is 10.2. The van der Waals surface area contributed by atoms with E-state index in [1.807, 2.05) is 0 Å². The first kappa shape index (κ1) is 12.8. The van der Waals surface area contributed by atoms with Crippen molar-refractivity contribution in [3.05, 3.63) is 47.9 Å². The summed E-state index contributed by atoms with van der Waals surface area (Å²) in [6.07, 6.45) is 0. The van der Waals surface area contributed by atoms with Gasteiger partial charge in [-0.2, -0.15) is 0 Å². The Labute approximate surface area is 109 Å². The topological polar surface area (TPSA) is 85.2 Å². The van der Waals surface area contributed by atoms with Crippen molar-refractivity contribution in [3.63, 3.8) is 0 Å². The van der Waals surface area contributed by atoms with Gasteiger partial charge in [0.15, 0.2) is 5.82 Å². The van der Waals surface area contributed by atoms with Gasteiger partial charge in [-0.3, -0.25) is 4.79 Å². The molecule has 1 heterocycles. The molecule has 0 aliphatic rings. The maximum absolute atomic E-state index is 13.7. The molecule has 6 heteroatoms. The summed E-state index contributed by atoms with van der Waals surface area (Å²) in [5.41, 5.74) is 11.7. The third-order valence-corrected chi connectivity index (χ3v) is 2.69. The van der Waals surface area contributed by atoms with Gasteiger partial charge < -0.3 is 16.4 Å². The molecule has 1 aromatic heterocycles. The fraction of sp³-hybridized carbons (Fsp3) is 0.0769. The molecule has 0 aliphatic heterocycles. The molecule has 0 saturated heterocycles. The fourth-order valence-electron chi connectivity index (χ4n) is 1.70. The molecule has 0 spiro atoms. The molecule has 0 aliphatic carbocycles. The van der Waals surface area contributed by atoms with Crippen LogP contribution in [0.1, 0.15) is 10.5 Å². The zero-order valence-corrected chi connectivity index (χ0v) is 10.3. The van der Waals surface area contributed by atoms with Crippen molar-refractivity contribution < 1.29 is 9.18 Å². The summed E-state index contributed by atoms with van der Waals surface area (Å²) in [6.45, 7) is 0. The van der Waals surface area contributed by atoms with Crippen molar-refractivity contribution in [1.82, 2.24) is 4.98 Å². The quantitative estimate of drug-likeness (QED) is 0.879. The number of aromatic nitrogens is 1. The highest BCUT2D eigenvalue weighted by Gasteiger charge is 2.14. The molecule has 0 unspecified atom stereocenters. The average Bonchev–Trinajstić information content (AvgIpc) is 2.38. The second-order valence-electron chi connectivity index (χ2n) is 3.98. The van der Waals surface area contributed by atoms with Crippen molar-refractivity contribution in [2.45, 2.75) is 0 Å². The number of nitrogens with zero attached hydrogens (tertiary/aromatic N) is 2. The zero-order chi connectivity index (χ0) is 14.0. The highest BCUT2D eigenvalue weighted by molar-refractivity contribution is 5.92. The van der Waals surface area contributed by atoms with Crippen LogP contribution in [0.4, 0.5) is 21.6 Å². The molecule has 98 valence electrons. The van der Waals surface area contributed by atoms with E-state index in [1.54, 1.807) is 25.2 Å².